The number of benzene rings is 1. The summed E-state index contributed by atoms with van der Waals surface area (Å²) in [5, 5.41) is 5.52. The highest BCUT2D eigenvalue weighted by atomic mass is 35.5. The van der Waals surface area contributed by atoms with Gasteiger partial charge in [0.05, 0.1) is 10.7 Å². The van der Waals surface area contributed by atoms with Crippen molar-refractivity contribution in [1.29, 1.82) is 0 Å². The van der Waals surface area contributed by atoms with Gasteiger partial charge in [-0.3, -0.25) is 4.79 Å². The van der Waals surface area contributed by atoms with Gasteiger partial charge in [-0.1, -0.05) is 29.8 Å². The fourth-order valence-electron chi connectivity index (χ4n) is 1.47. The summed E-state index contributed by atoms with van der Waals surface area (Å²) in [5.41, 5.74) is 6.09. The van der Waals surface area contributed by atoms with Gasteiger partial charge < -0.3 is 11.1 Å². The van der Waals surface area contributed by atoms with Crippen molar-refractivity contribution in [3.05, 3.63) is 51.7 Å². The number of rotatable bonds is 4. The van der Waals surface area contributed by atoms with Gasteiger partial charge in [0.2, 0.25) is 5.91 Å². The van der Waals surface area contributed by atoms with Gasteiger partial charge in [-0.05, 0) is 23.6 Å². The number of hydrogen-bond acceptors (Lipinski definition) is 3. The molecule has 2 aromatic rings. The summed E-state index contributed by atoms with van der Waals surface area (Å²) >= 11 is 7.50. The van der Waals surface area contributed by atoms with Crippen molar-refractivity contribution in [2.24, 2.45) is 5.73 Å². The van der Waals surface area contributed by atoms with Gasteiger partial charge in [0.25, 0.3) is 0 Å². The van der Waals surface area contributed by atoms with E-state index in [-0.39, 0.29) is 0 Å². The number of para-hydroxylation sites is 1. The van der Waals surface area contributed by atoms with Crippen LogP contribution in [0, 0.1) is 0 Å². The second kappa shape index (κ2) is 5.21. The molecule has 2 rings (SSSR count). The van der Waals surface area contributed by atoms with E-state index in [1.54, 1.807) is 6.07 Å². The molecule has 3 nitrogen and oxygen atoms in total. The topological polar surface area (TPSA) is 55.1 Å². The smallest absolute Gasteiger partial charge is 0.245 e. The molecule has 1 heterocycles. The Morgan fingerprint density at radius 1 is 1.29 bits per heavy atom. The number of halogens is 1. The minimum Gasteiger partial charge on any atom is -0.368 e. The van der Waals surface area contributed by atoms with E-state index in [9.17, 15) is 4.79 Å². The second-order valence-corrected chi connectivity index (χ2v) is 4.86. The summed E-state index contributed by atoms with van der Waals surface area (Å²) in [7, 11) is 0. The Labute approximate surface area is 108 Å². The maximum atomic E-state index is 11.4. The molecule has 1 aromatic heterocycles. The number of nitrogens with two attached hydrogens (primary N) is 1. The molecule has 5 heteroatoms. The van der Waals surface area contributed by atoms with Crippen molar-refractivity contribution in [2.75, 3.05) is 5.32 Å². The van der Waals surface area contributed by atoms with Crippen LogP contribution in [0.5, 0.6) is 0 Å². The van der Waals surface area contributed by atoms with E-state index in [1.165, 1.54) is 11.3 Å². The number of primary amides is 1. The van der Waals surface area contributed by atoms with Crippen molar-refractivity contribution in [3.8, 4) is 0 Å². The predicted molar refractivity (Wildman–Crippen MR) is 71.3 cm³/mol. The first-order valence-electron chi connectivity index (χ1n) is 5.02. The Kier molecular flexibility index (Phi) is 3.66. The van der Waals surface area contributed by atoms with E-state index in [4.69, 9.17) is 17.3 Å². The molecule has 0 bridgehead atoms. The average molecular weight is 267 g/mol. The summed E-state index contributed by atoms with van der Waals surface area (Å²) in [6.07, 6.45) is 0. The van der Waals surface area contributed by atoms with Crippen LogP contribution in [-0.2, 0) is 4.79 Å². The fraction of sp³-hybridized carbons (Fsp3) is 0.0833. The summed E-state index contributed by atoms with van der Waals surface area (Å²) in [5.74, 6) is -0.424. The van der Waals surface area contributed by atoms with Crippen molar-refractivity contribution >= 4 is 34.5 Å². The lowest BCUT2D eigenvalue weighted by Gasteiger charge is -2.16. The van der Waals surface area contributed by atoms with Gasteiger partial charge in [0, 0.05) is 4.88 Å². The van der Waals surface area contributed by atoms with Gasteiger partial charge >= 0.3 is 0 Å². The number of thiophene rings is 1. The number of hydrogen-bond donors (Lipinski definition) is 2. The van der Waals surface area contributed by atoms with Gasteiger partial charge in [-0.2, -0.15) is 0 Å². The molecule has 0 spiro atoms. The summed E-state index contributed by atoms with van der Waals surface area (Å²) < 4.78 is 0. The highest BCUT2D eigenvalue weighted by Crippen LogP contribution is 2.27. The van der Waals surface area contributed by atoms with E-state index >= 15 is 0 Å². The minimum atomic E-state index is -0.546. The summed E-state index contributed by atoms with van der Waals surface area (Å²) in [4.78, 5) is 12.3. The lowest BCUT2D eigenvalue weighted by atomic mass is 10.2. The molecular weight excluding hydrogens is 256 g/mol. The zero-order valence-corrected chi connectivity index (χ0v) is 10.5. The Morgan fingerprint density at radius 3 is 2.65 bits per heavy atom. The van der Waals surface area contributed by atoms with Crippen molar-refractivity contribution in [3.63, 3.8) is 0 Å². The maximum absolute atomic E-state index is 11.4. The first-order chi connectivity index (χ1) is 8.18. The van der Waals surface area contributed by atoms with Crippen LogP contribution in [0.15, 0.2) is 41.8 Å². The Balaban J connectivity index is 2.26. The summed E-state index contributed by atoms with van der Waals surface area (Å²) in [6.45, 7) is 0. The van der Waals surface area contributed by atoms with Crippen LogP contribution in [0.1, 0.15) is 10.9 Å². The third-order valence-corrected chi connectivity index (χ3v) is 3.55. The second-order valence-electron chi connectivity index (χ2n) is 3.47. The molecule has 1 aromatic carbocycles. The zero-order valence-electron chi connectivity index (χ0n) is 8.89. The molecular formula is C12H11ClN2OS. The Hall–Kier alpha value is -1.52. The molecule has 17 heavy (non-hydrogen) atoms. The predicted octanol–water partition coefficient (Wildman–Crippen LogP) is 3.04. The van der Waals surface area contributed by atoms with Gasteiger partial charge in [-0.25, -0.2) is 0 Å². The number of anilines is 1. The monoisotopic (exact) mass is 266 g/mol. The first kappa shape index (κ1) is 12.0. The maximum Gasteiger partial charge on any atom is 0.245 e. The van der Waals surface area contributed by atoms with Crippen LogP contribution in [0.2, 0.25) is 5.02 Å². The molecule has 88 valence electrons. The van der Waals surface area contributed by atoms with Crippen molar-refractivity contribution < 1.29 is 4.79 Å². The van der Waals surface area contributed by atoms with Crippen molar-refractivity contribution in [2.45, 2.75) is 6.04 Å². The number of nitrogens with one attached hydrogen (secondary N) is 1. The first-order valence-corrected chi connectivity index (χ1v) is 6.28. The molecule has 0 aliphatic rings. The van der Waals surface area contributed by atoms with E-state index in [1.807, 2.05) is 35.7 Å². The van der Waals surface area contributed by atoms with Gasteiger partial charge in [-0.15, -0.1) is 11.3 Å². The Morgan fingerprint density at radius 2 is 2.06 bits per heavy atom. The average Bonchev–Trinajstić information content (AvgIpc) is 2.81. The standard InChI is InChI=1S/C12H11ClN2OS/c13-8-4-1-2-5-9(8)15-11(12(14)16)10-6-3-7-17-10/h1-7,11,15H,(H2,14,16). The number of carbonyl (C=O) groups excluding carboxylic acids is 1. The fourth-order valence-corrected chi connectivity index (χ4v) is 2.44. The van der Waals surface area contributed by atoms with Crippen LogP contribution in [0.4, 0.5) is 5.69 Å². The molecule has 0 aliphatic carbocycles. The lowest BCUT2D eigenvalue weighted by Crippen LogP contribution is -2.27. The van der Waals surface area contributed by atoms with Gasteiger partial charge in [0.1, 0.15) is 6.04 Å². The quantitative estimate of drug-likeness (QED) is 0.894. The van der Waals surface area contributed by atoms with Crippen LogP contribution >= 0.6 is 22.9 Å². The van der Waals surface area contributed by atoms with E-state index in [0.29, 0.717) is 10.7 Å². The molecule has 0 aliphatic heterocycles. The zero-order chi connectivity index (χ0) is 12.3. The largest absolute Gasteiger partial charge is 0.368 e. The summed E-state index contributed by atoms with van der Waals surface area (Å²) in [6, 6.07) is 10.4. The molecule has 1 unspecified atom stereocenters. The number of amides is 1. The third-order valence-electron chi connectivity index (χ3n) is 2.29. The van der Waals surface area contributed by atoms with E-state index in [2.05, 4.69) is 5.32 Å². The van der Waals surface area contributed by atoms with Crippen LogP contribution in [0.3, 0.4) is 0 Å². The van der Waals surface area contributed by atoms with E-state index < -0.39 is 11.9 Å². The highest BCUT2D eigenvalue weighted by molar-refractivity contribution is 7.10. The highest BCUT2D eigenvalue weighted by Gasteiger charge is 2.19. The van der Waals surface area contributed by atoms with Crippen molar-refractivity contribution in [1.82, 2.24) is 0 Å². The molecule has 1 amide bonds. The minimum absolute atomic E-state index is 0.424. The molecule has 3 N–H and O–H groups in total. The molecule has 0 fully saturated rings. The lowest BCUT2D eigenvalue weighted by molar-refractivity contribution is -0.118. The van der Waals surface area contributed by atoms with Crippen LogP contribution in [0.25, 0.3) is 0 Å². The molecule has 0 radical (unpaired) electrons. The normalized spacial score (nSPS) is 12.1. The molecule has 0 saturated heterocycles. The van der Waals surface area contributed by atoms with E-state index in [0.717, 1.165) is 4.88 Å². The SMILES string of the molecule is NC(=O)C(Nc1ccccc1Cl)c1cccs1. The molecule has 1 atom stereocenters. The van der Waals surface area contributed by atoms with Gasteiger partial charge in [0.15, 0.2) is 0 Å². The third kappa shape index (κ3) is 2.78. The van der Waals surface area contributed by atoms with Crippen LogP contribution in [-0.4, -0.2) is 5.91 Å². The molecule has 0 saturated carbocycles. The number of carbonyl (C=O) groups is 1. The Bertz CT molecular complexity index is 513. The van der Waals surface area contributed by atoms with Crippen LogP contribution < -0.4 is 11.1 Å².